The Morgan fingerprint density at radius 1 is 1.05 bits per heavy atom. The van der Waals surface area contributed by atoms with Crippen LogP contribution in [-0.2, 0) is 12.8 Å². The van der Waals surface area contributed by atoms with E-state index in [4.69, 9.17) is 9.47 Å². The van der Waals surface area contributed by atoms with Gasteiger partial charge in [0.25, 0.3) is 0 Å². The first-order valence-corrected chi connectivity index (χ1v) is 7.44. The van der Waals surface area contributed by atoms with Crippen LogP contribution in [0.1, 0.15) is 22.7 Å². The maximum atomic E-state index is 5.46. The van der Waals surface area contributed by atoms with Gasteiger partial charge in [0.05, 0.1) is 20.8 Å². The molecule has 0 aromatic heterocycles. The molecular weight excluding hydrogens is 262 g/mol. The fourth-order valence-corrected chi connectivity index (χ4v) is 3.13. The average molecular weight is 284 g/mol. The van der Waals surface area contributed by atoms with Crippen molar-refractivity contribution in [1.29, 1.82) is 0 Å². The highest BCUT2D eigenvalue weighted by molar-refractivity contribution is 5.49. The first-order valence-electron chi connectivity index (χ1n) is 7.44. The van der Waals surface area contributed by atoms with Crippen molar-refractivity contribution in [3.05, 3.63) is 59.2 Å². The molecule has 110 valence electrons. The third-order valence-electron chi connectivity index (χ3n) is 4.21. The largest absolute Gasteiger partial charge is 0.493 e. The topological polar surface area (TPSA) is 35.1 Å². The van der Waals surface area contributed by atoms with Gasteiger partial charge in [-0.3, -0.25) is 0 Å². The predicted molar refractivity (Wildman–Crippen MR) is 82.9 cm³/mol. The number of benzene rings is 2. The van der Waals surface area contributed by atoms with Crippen LogP contribution in [0.4, 0.5) is 0 Å². The van der Waals surface area contributed by atoms with Crippen LogP contribution in [0.25, 0.3) is 0 Å². The number of rotatable bonds is 4. The van der Waals surface area contributed by atoms with Crippen molar-refractivity contribution in [2.24, 2.45) is 0 Å². The standard InChI is InChI=1S/C18H21NO2/c1-20-17-11-14-8-9-19-16(15(14)12-18(17)21-2)10-13-6-4-3-5-7-13/h3-7,11-12,16,19H,8-10H2,1-2H3/p+1/t16-/m1/s1. The quantitative estimate of drug-likeness (QED) is 0.933. The maximum Gasteiger partial charge on any atom is 0.161 e. The van der Waals surface area contributed by atoms with Gasteiger partial charge in [0.2, 0.25) is 0 Å². The van der Waals surface area contributed by atoms with Crippen molar-refractivity contribution >= 4 is 0 Å². The monoisotopic (exact) mass is 284 g/mol. The van der Waals surface area contributed by atoms with Gasteiger partial charge in [0.15, 0.2) is 11.5 Å². The van der Waals surface area contributed by atoms with Gasteiger partial charge in [-0.2, -0.15) is 0 Å². The third-order valence-corrected chi connectivity index (χ3v) is 4.21. The number of hydrogen-bond donors (Lipinski definition) is 1. The fraction of sp³-hybridized carbons (Fsp3) is 0.333. The number of methoxy groups -OCH3 is 2. The second kappa shape index (κ2) is 6.19. The van der Waals surface area contributed by atoms with Crippen LogP contribution >= 0.6 is 0 Å². The molecule has 2 aromatic rings. The first-order chi connectivity index (χ1) is 10.3. The van der Waals surface area contributed by atoms with Crippen LogP contribution in [-0.4, -0.2) is 20.8 Å². The minimum absolute atomic E-state index is 0.455. The second-order valence-electron chi connectivity index (χ2n) is 5.48. The molecule has 0 amide bonds. The van der Waals surface area contributed by atoms with Gasteiger partial charge in [-0.05, 0) is 23.3 Å². The Hall–Kier alpha value is -2.00. The molecular formula is C18H22NO2+. The fourth-order valence-electron chi connectivity index (χ4n) is 3.13. The SMILES string of the molecule is COc1cc2c(cc1OC)[C@@H](Cc1ccccc1)[NH2+]CC2. The molecule has 0 spiro atoms. The summed E-state index contributed by atoms with van der Waals surface area (Å²) < 4.78 is 10.9. The van der Waals surface area contributed by atoms with Gasteiger partial charge in [-0.1, -0.05) is 30.3 Å². The van der Waals surface area contributed by atoms with Crippen molar-refractivity contribution in [1.82, 2.24) is 0 Å². The molecule has 0 saturated carbocycles. The smallest absolute Gasteiger partial charge is 0.161 e. The molecule has 0 aliphatic carbocycles. The van der Waals surface area contributed by atoms with Gasteiger partial charge in [-0.25, -0.2) is 0 Å². The summed E-state index contributed by atoms with van der Waals surface area (Å²) in [5, 5.41) is 2.43. The Bertz CT molecular complexity index is 610. The molecule has 3 heteroatoms. The summed E-state index contributed by atoms with van der Waals surface area (Å²) >= 11 is 0. The summed E-state index contributed by atoms with van der Waals surface area (Å²) in [6.45, 7) is 1.12. The van der Waals surface area contributed by atoms with Crippen LogP contribution in [0.15, 0.2) is 42.5 Å². The van der Waals surface area contributed by atoms with Gasteiger partial charge in [0, 0.05) is 18.4 Å². The summed E-state index contributed by atoms with van der Waals surface area (Å²) in [6.07, 6.45) is 2.13. The van der Waals surface area contributed by atoms with E-state index in [1.165, 1.54) is 16.7 Å². The zero-order valence-electron chi connectivity index (χ0n) is 12.6. The highest BCUT2D eigenvalue weighted by Crippen LogP contribution is 2.34. The van der Waals surface area contributed by atoms with Crippen molar-refractivity contribution in [2.75, 3.05) is 20.8 Å². The maximum absolute atomic E-state index is 5.46. The van der Waals surface area contributed by atoms with E-state index >= 15 is 0 Å². The lowest BCUT2D eigenvalue weighted by atomic mass is 9.90. The minimum atomic E-state index is 0.455. The van der Waals surface area contributed by atoms with Crippen LogP contribution < -0.4 is 14.8 Å². The molecule has 0 saturated heterocycles. The van der Waals surface area contributed by atoms with Crippen molar-refractivity contribution < 1.29 is 14.8 Å². The summed E-state index contributed by atoms with van der Waals surface area (Å²) in [5.41, 5.74) is 4.14. The lowest BCUT2D eigenvalue weighted by Crippen LogP contribution is -2.87. The van der Waals surface area contributed by atoms with E-state index in [1.54, 1.807) is 14.2 Å². The average Bonchev–Trinajstić information content (AvgIpc) is 2.55. The number of nitrogens with two attached hydrogens (primary N) is 1. The lowest BCUT2D eigenvalue weighted by molar-refractivity contribution is -0.698. The van der Waals surface area contributed by atoms with Crippen molar-refractivity contribution in [3.8, 4) is 11.5 Å². The Morgan fingerprint density at radius 2 is 1.76 bits per heavy atom. The zero-order chi connectivity index (χ0) is 14.7. The first kappa shape index (κ1) is 14.0. The number of hydrogen-bond acceptors (Lipinski definition) is 2. The molecule has 0 fully saturated rings. The second-order valence-corrected chi connectivity index (χ2v) is 5.48. The molecule has 1 heterocycles. The highest BCUT2D eigenvalue weighted by Gasteiger charge is 2.25. The number of ether oxygens (including phenoxy) is 2. The van der Waals surface area contributed by atoms with Crippen molar-refractivity contribution in [2.45, 2.75) is 18.9 Å². The van der Waals surface area contributed by atoms with E-state index in [2.05, 4.69) is 47.8 Å². The molecule has 3 rings (SSSR count). The van der Waals surface area contributed by atoms with Crippen LogP contribution in [0.2, 0.25) is 0 Å². The van der Waals surface area contributed by atoms with E-state index in [0.717, 1.165) is 30.9 Å². The van der Waals surface area contributed by atoms with Gasteiger partial charge in [0.1, 0.15) is 6.04 Å². The predicted octanol–water partition coefficient (Wildman–Crippen LogP) is 2.11. The molecule has 0 radical (unpaired) electrons. The summed E-state index contributed by atoms with van der Waals surface area (Å²) in [6, 6.07) is 15.4. The molecule has 2 N–H and O–H groups in total. The van der Waals surface area contributed by atoms with Crippen LogP contribution in [0.5, 0.6) is 11.5 Å². The number of quaternary nitrogens is 1. The molecule has 21 heavy (non-hydrogen) atoms. The molecule has 0 unspecified atom stereocenters. The summed E-state index contributed by atoms with van der Waals surface area (Å²) in [4.78, 5) is 0. The van der Waals surface area contributed by atoms with E-state index in [0.29, 0.717) is 6.04 Å². The Labute approximate surface area is 125 Å². The zero-order valence-corrected chi connectivity index (χ0v) is 12.6. The molecule has 3 nitrogen and oxygen atoms in total. The molecule has 1 aliphatic heterocycles. The summed E-state index contributed by atoms with van der Waals surface area (Å²) in [7, 11) is 3.39. The van der Waals surface area contributed by atoms with Gasteiger partial charge in [-0.15, -0.1) is 0 Å². The summed E-state index contributed by atoms with van der Waals surface area (Å²) in [5.74, 6) is 1.65. The number of fused-ring (bicyclic) bond motifs is 1. The van der Waals surface area contributed by atoms with Gasteiger partial charge < -0.3 is 14.8 Å². The van der Waals surface area contributed by atoms with E-state index in [1.807, 2.05) is 0 Å². The molecule has 2 aromatic carbocycles. The lowest BCUT2D eigenvalue weighted by Gasteiger charge is -2.25. The van der Waals surface area contributed by atoms with Gasteiger partial charge >= 0.3 is 0 Å². The van der Waals surface area contributed by atoms with Crippen molar-refractivity contribution in [3.63, 3.8) is 0 Å². The van der Waals surface area contributed by atoms with Crippen LogP contribution in [0, 0.1) is 0 Å². The Kier molecular flexibility index (Phi) is 4.11. The van der Waals surface area contributed by atoms with E-state index < -0.39 is 0 Å². The third kappa shape index (κ3) is 2.88. The minimum Gasteiger partial charge on any atom is -0.493 e. The van der Waals surface area contributed by atoms with Crippen LogP contribution in [0.3, 0.4) is 0 Å². The van der Waals surface area contributed by atoms with E-state index in [9.17, 15) is 0 Å². The molecule has 1 aliphatic rings. The Balaban J connectivity index is 1.93. The highest BCUT2D eigenvalue weighted by atomic mass is 16.5. The normalized spacial score (nSPS) is 17.1. The molecule has 0 bridgehead atoms. The molecule has 1 atom stereocenters. The Morgan fingerprint density at radius 3 is 2.48 bits per heavy atom. The van der Waals surface area contributed by atoms with E-state index in [-0.39, 0.29) is 0 Å².